The van der Waals surface area contributed by atoms with Gasteiger partial charge in [-0.25, -0.2) is 5.84 Å². The van der Waals surface area contributed by atoms with E-state index in [0.717, 1.165) is 10.9 Å². The van der Waals surface area contributed by atoms with Crippen LogP contribution in [0.15, 0.2) is 47.0 Å². The molecule has 102 valence electrons. The lowest BCUT2D eigenvalue weighted by Crippen LogP contribution is -2.29. The van der Waals surface area contributed by atoms with Gasteiger partial charge >= 0.3 is 5.91 Å². The van der Waals surface area contributed by atoms with Crippen LogP contribution in [0.2, 0.25) is 5.02 Å². The summed E-state index contributed by atoms with van der Waals surface area (Å²) in [6.45, 7) is 0.516. The first-order valence-corrected chi connectivity index (χ1v) is 6.40. The average molecular weight is 290 g/mol. The van der Waals surface area contributed by atoms with Gasteiger partial charge in [-0.3, -0.25) is 10.2 Å². The number of carbonyl (C=O) groups is 1. The van der Waals surface area contributed by atoms with E-state index in [2.05, 4.69) is 0 Å². The number of hydrogen-bond donors (Lipinski definition) is 2. The van der Waals surface area contributed by atoms with Crippen molar-refractivity contribution in [3.63, 3.8) is 0 Å². The molecule has 2 aromatic heterocycles. The molecule has 0 unspecified atom stereocenters. The van der Waals surface area contributed by atoms with Gasteiger partial charge in [-0.1, -0.05) is 17.7 Å². The fourth-order valence-corrected chi connectivity index (χ4v) is 2.38. The molecule has 0 atom stereocenters. The number of nitrogens with zero attached hydrogens (tertiary/aromatic N) is 1. The van der Waals surface area contributed by atoms with E-state index in [1.165, 1.54) is 0 Å². The second kappa shape index (κ2) is 5.03. The zero-order valence-corrected chi connectivity index (χ0v) is 11.2. The van der Waals surface area contributed by atoms with Gasteiger partial charge in [0.25, 0.3) is 0 Å². The van der Waals surface area contributed by atoms with Crippen LogP contribution in [0.3, 0.4) is 0 Å². The fraction of sp³-hybridized carbons (Fsp3) is 0.0714. The van der Waals surface area contributed by atoms with Gasteiger partial charge in [0.15, 0.2) is 5.76 Å². The van der Waals surface area contributed by atoms with Gasteiger partial charge in [0.2, 0.25) is 0 Å². The number of nitrogen functional groups attached to an aromatic ring is 1. The predicted molar refractivity (Wildman–Crippen MR) is 76.4 cm³/mol. The van der Waals surface area contributed by atoms with Crippen LogP contribution >= 0.6 is 11.6 Å². The van der Waals surface area contributed by atoms with Gasteiger partial charge in [0.1, 0.15) is 5.76 Å². The van der Waals surface area contributed by atoms with E-state index < -0.39 is 5.91 Å². The van der Waals surface area contributed by atoms with Crippen LogP contribution in [0, 0.1) is 0 Å². The van der Waals surface area contributed by atoms with Crippen molar-refractivity contribution >= 4 is 28.4 Å². The van der Waals surface area contributed by atoms with E-state index in [-0.39, 0.29) is 5.76 Å². The number of nitrogens with one attached hydrogen (secondary N) is 1. The maximum atomic E-state index is 11.3. The average Bonchev–Trinajstić information content (AvgIpc) is 3.07. The van der Waals surface area contributed by atoms with E-state index in [1.54, 1.807) is 12.1 Å². The minimum absolute atomic E-state index is 0.192. The van der Waals surface area contributed by atoms with Crippen molar-refractivity contribution in [3.05, 3.63) is 59.1 Å². The Kier molecular flexibility index (Phi) is 3.22. The zero-order chi connectivity index (χ0) is 14.1. The topological polar surface area (TPSA) is 73.2 Å². The lowest BCUT2D eigenvalue weighted by atomic mass is 10.2. The monoisotopic (exact) mass is 289 g/mol. The highest BCUT2D eigenvalue weighted by atomic mass is 35.5. The van der Waals surface area contributed by atoms with E-state index in [9.17, 15) is 4.79 Å². The molecule has 6 heteroatoms. The number of halogens is 1. The third kappa shape index (κ3) is 2.17. The molecule has 1 aromatic carbocycles. The molecule has 3 aromatic rings. The number of aromatic nitrogens is 1. The highest BCUT2D eigenvalue weighted by molar-refractivity contribution is 6.35. The van der Waals surface area contributed by atoms with Crippen LogP contribution in [-0.4, -0.2) is 10.5 Å². The second-order valence-electron chi connectivity index (χ2n) is 4.36. The molecule has 0 saturated heterocycles. The molecule has 0 bridgehead atoms. The Balaban J connectivity index is 1.92. The molecule has 0 saturated carbocycles. The van der Waals surface area contributed by atoms with Crippen molar-refractivity contribution in [2.45, 2.75) is 6.54 Å². The third-order valence-corrected chi connectivity index (χ3v) is 3.43. The number of benzene rings is 1. The molecule has 3 rings (SSSR count). The van der Waals surface area contributed by atoms with Crippen molar-refractivity contribution in [1.29, 1.82) is 0 Å². The van der Waals surface area contributed by atoms with Gasteiger partial charge < -0.3 is 8.98 Å². The number of rotatable bonds is 3. The lowest BCUT2D eigenvalue weighted by molar-refractivity contribution is 0.0924. The van der Waals surface area contributed by atoms with Crippen LogP contribution < -0.4 is 11.3 Å². The summed E-state index contributed by atoms with van der Waals surface area (Å²) in [5.74, 6) is 5.47. The summed E-state index contributed by atoms with van der Waals surface area (Å²) >= 11 is 6.13. The molecule has 5 nitrogen and oxygen atoms in total. The molecule has 0 aliphatic rings. The number of carbonyl (C=O) groups excluding carboxylic acids is 1. The SMILES string of the molecule is NNC(=O)c1ccc(Cn2ccc3c(Cl)cccc32)o1. The molecule has 0 fully saturated rings. The quantitative estimate of drug-likeness (QED) is 0.442. The number of nitrogens with two attached hydrogens (primary N) is 1. The minimum Gasteiger partial charge on any atom is -0.454 e. The van der Waals surface area contributed by atoms with Crippen LogP contribution in [0.1, 0.15) is 16.3 Å². The van der Waals surface area contributed by atoms with Crippen LogP contribution in [-0.2, 0) is 6.54 Å². The Labute approximate surface area is 119 Å². The number of furan rings is 1. The summed E-state index contributed by atoms with van der Waals surface area (Å²) in [5, 5.41) is 1.70. The predicted octanol–water partition coefficient (Wildman–Crippen LogP) is 2.54. The molecular formula is C14H12ClN3O2. The molecule has 20 heavy (non-hydrogen) atoms. The molecular weight excluding hydrogens is 278 g/mol. The summed E-state index contributed by atoms with van der Waals surface area (Å²) < 4.78 is 7.45. The van der Waals surface area contributed by atoms with E-state index >= 15 is 0 Å². The highest BCUT2D eigenvalue weighted by Gasteiger charge is 2.11. The van der Waals surface area contributed by atoms with E-state index in [4.69, 9.17) is 21.9 Å². The Morgan fingerprint density at radius 3 is 2.95 bits per heavy atom. The Hall–Kier alpha value is -2.24. The summed E-state index contributed by atoms with van der Waals surface area (Å²) in [5.41, 5.74) is 3.05. The molecule has 0 aliphatic heterocycles. The first kappa shape index (κ1) is 12.8. The van der Waals surface area contributed by atoms with Crippen LogP contribution in [0.25, 0.3) is 10.9 Å². The standard InChI is InChI=1S/C14H12ClN3O2/c15-11-2-1-3-12-10(11)6-7-18(12)8-9-4-5-13(20-9)14(19)17-16/h1-7H,8,16H2,(H,17,19). The largest absolute Gasteiger partial charge is 0.454 e. The van der Waals surface area contributed by atoms with E-state index in [0.29, 0.717) is 17.3 Å². The minimum atomic E-state index is -0.448. The molecule has 0 spiro atoms. The maximum absolute atomic E-state index is 11.3. The Morgan fingerprint density at radius 2 is 2.15 bits per heavy atom. The molecule has 0 radical (unpaired) electrons. The number of fused-ring (bicyclic) bond motifs is 1. The van der Waals surface area contributed by atoms with Gasteiger partial charge in [-0.15, -0.1) is 0 Å². The third-order valence-electron chi connectivity index (χ3n) is 3.10. The van der Waals surface area contributed by atoms with Crippen molar-refractivity contribution in [1.82, 2.24) is 9.99 Å². The van der Waals surface area contributed by atoms with Crippen LogP contribution in [0.4, 0.5) is 0 Å². The Bertz CT molecular complexity index is 776. The normalized spacial score (nSPS) is 10.9. The lowest BCUT2D eigenvalue weighted by Gasteiger charge is -2.03. The van der Waals surface area contributed by atoms with Gasteiger partial charge in [-0.05, 0) is 30.3 Å². The molecule has 1 amide bonds. The Morgan fingerprint density at radius 1 is 1.30 bits per heavy atom. The number of hydrazine groups is 1. The van der Waals surface area contributed by atoms with Gasteiger partial charge in [-0.2, -0.15) is 0 Å². The maximum Gasteiger partial charge on any atom is 0.300 e. The van der Waals surface area contributed by atoms with Crippen molar-refractivity contribution in [2.75, 3.05) is 0 Å². The van der Waals surface area contributed by atoms with Gasteiger partial charge in [0.05, 0.1) is 6.54 Å². The molecule has 3 N–H and O–H groups in total. The number of hydrogen-bond acceptors (Lipinski definition) is 3. The van der Waals surface area contributed by atoms with Crippen molar-refractivity contribution < 1.29 is 9.21 Å². The van der Waals surface area contributed by atoms with Gasteiger partial charge in [0, 0.05) is 22.1 Å². The summed E-state index contributed by atoms with van der Waals surface area (Å²) in [6, 6.07) is 11.0. The molecule has 2 heterocycles. The van der Waals surface area contributed by atoms with Crippen molar-refractivity contribution in [3.8, 4) is 0 Å². The summed E-state index contributed by atoms with van der Waals surface area (Å²) in [6.07, 6.45) is 1.93. The number of amides is 1. The van der Waals surface area contributed by atoms with Crippen molar-refractivity contribution in [2.24, 2.45) is 5.84 Å². The van der Waals surface area contributed by atoms with E-state index in [1.807, 2.05) is 40.5 Å². The first-order chi connectivity index (χ1) is 9.69. The second-order valence-corrected chi connectivity index (χ2v) is 4.76. The zero-order valence-electron chi connectivity index (χ0n) is 10.5. The van der Waals surface area contributed by atoms with Crippen LogP contribution in [0.5, 0.6) is 0 Å². The summed E-state index contributed by atoms with van der Waals surface area (Å²) in [4.78, 5) is 11.3. The highest BCUT2D eigenvalue weighted by Crippen LogP contribution is 2.25. The fourth-order valence-electron chi connectivity index (χ4n) is 2.15. The molecule has 0 aliphatic carbocycles. The summed E-state index contributed by atoms with van der Waals surface area (Å²) in [7, 11) is 0. The first-order valence-electron chi connectivity index (χ1n) is 6.02. The smallest absolute Gasteiger partial charge is 0.300 e.